The molecule has 1 amide bonds. The minimum atomic E-state index is -0.416. The first-order valence-corrected chi connectivity index (χ1v) is 9.11. The van der Waals surface area contributed by atoms with Crippen LogP contribution in [0.4, 0.5) is 4.39 Å². The van der Waals surface area contributed by atoms with E-state index in [0.29, 0.717) is 41.4 Å². The molecule has 5 rings (SSSR count). The molecule has 142 valence electrons. The van der Waals surface area contributed by atoms with Crippen molar-refractivity contribution in [2.24, 2.45) is 0 Å². The van der Waals surface area contributed by atoms with Crippen molar-refractivity contribution in [1.82, 2.24) is 14.5 Å². The Labute approximate surface area is 161 Å². The Kier molecular flexibility index (Phi) is 4.57. The summed E-state index contributed by atoms with van der Waals surface area (Å²) < 4.78 is 15.7. The quantitative estimate of drug-likeness (QED) is 0.743. The molecule has 0 unspecified atom stereocenters. The highest BCUT2D eigenvalue weighted by Gasteiger charge is 2.39. The van der Waals surface area contributed by atoms with Gasteiger partial charge in [0.1, 0.15) is 11.5 Å². The lowest BCUT2D eigenvalue weighted by molar-refractivity contribution is 0.0694. The molecule has 1 aliphatic heterocycles. The third-order valence-electron chi connectivity index (χ3n) is 5.19. The van der Waals surface area contributed by atoms with Gasteiger partial charge in [-0.15, -0.1) is 0 Å². The van der Waals surface area contributed by atoms with Crippen molar-refractivity contribution in [1.29, 1.82) is 5.26 Å². The number of carbonyl (C=O) groups is 1. The Balaban J connectivity index is 0.000000932. The first kappa shape index (κ1) is 18.1. The van der Waals surface area contributed by atoms with Crippen molar-refractivity contribution < 1.29 is 14.3 Å². The lowest BCUT2D eigenvalue weighted by Gasteiger charge is -2.29. The molecule has 1 fully saturated rings. The number of amides is 1. The van der Waals surface area contributed by atoms with Crippen LogP contribution in [0.1, 0.15) is 28.9 Å². The molecule has 7 heteroatoms. The minimum absolute atomic E-state index is 0.0171. The number of aliphatic hydroxyl groups excluding tert-OH is 1. The van der Waals surface area contributed by atoms with Crippen molar-refractivity contribution >= 4 is 16.9 Å². The van der Waals surface area contributed by atoms with E-state index < -0.39 is 5.82 Å². The monoisotopic (exact) mass is 378 g/mol. The minimum Gasteiger partial charge on any atom is -0.400 e. The Hall–Kier alpha value is -3.24. The maximum atomic E-state index is 13.8. The maximum absolute atomic E-state index is 13.8. The number of benzene rings is 1. The molecule has 6 nitrogen and oxygen atoms in total. The van der Waals surface area contributed by atoms with Crippen molar-refractivity contribution in [3.63, 3.8) is 0 Å². The smallest absolute Gasteiger partial charge is 0.271 e. The van der Waals surface area contributed by atoms with Crippen LogP contribution in [-0.2, 0) is 6.54 Å². The summed E-state index contributed by atoms with van der Waals surface area (Å²) in [6.07, 6.45) is 3.28. The fraction of sp³-hybridized carbons (Fsp3) is 0.286. The van der Waals surface area contributed by atoms with Gasteiger partial charge in [0.15, 0.2) is 0 Å². The Morgan fingerprint density at radius 2 is 1.93 bits per heavy atom. The molecule has 28 heavy (non-hydrogen) atoms. The summed E-state index contributed by atoms with van der Waals surface area (Å²) in [7, 11) is 1.00. The van der Waals surface area contributed by atoms with Gasteiger partial charge in [0, 0.05) is 37.9 Å². The number of carbonyl (C=O) groups excluding carboxylic acids is 1. The molecular formula is C21H19FN4O2. The van der Waals surface area contributed by atoms with Gasteiger partial charge in [0.05, 0.1) is 28.9 Å². The second-order valence-corrected chi connectivity index (χ2v) is 6.82. The number of aliphatic hydroxyl groups is 1. The van der Waals surface area contributed by atoms with Gasteiger partial charge < -0.3 is 14.6 Å². The number of halogens is 1. The van der Waals surface area contributed by atoms with Gasteiger partial charge in [0.2, 0.25) is 0 Å². The summed E-state index contributed by atoms with van der Waals surface area (Å²) in [4.78, 5) is 19.4. The number of nitriles is 1. The molecular weight excluding hydrogens is 359 g/mol. The highest BCUT2D eigenvalue weighted by molar-refractivity contribution is 6.09. The average molecular weight is 378 g/mol. The fourth-order valence-electron chi connectivity index (χ4n) is 3.81. The van der Waals surface area contributed by atoms with E-state index in [9.17, 15) is 9.18 Å². The largest absolute Gasteiger partial charge is 0.400 e. The highest BCUT2D eigenvalue weighted by atomic mass is 19.1. The van der Waals surface area contributed by atoms with Crippen molar-refractivity contribution in [3.8, 4) is 17.2 Å². The molecule has 3 aromatic rings. The second-order valence-electron chi connectivity index (χ2n) is 6.82. The van der Waals surface area contributed by atoms with Crippen LogP contribution in [0.2, 0.25) is 0 Å². The van der Waals surface area contributed by atoms with Crippen molar-refractivity contribution in [2.45, 2.75) is 25.4 Å². The van der Waals surface area contributed by atoms with Gasteiger partial charge in [-0.2, -0.15) is 5.26 Å². The number of fused-ring (bicyclic) bond motifs is 3. The molecule has 3 heterocycles. The van der Waals surface area contributed by atoms with E-state index in [-0.39, 0.29) is 5.91 Å². The first-order valence-electron chi connectivity index (χ1n) is 9.11. The number of pyridine rings is 1. The molecule has 2 aliphatic rings. The van der Waals surface area contributed by atoms with E-state index in [1.807, 2.05) is 21.6 Å². The summed E-state index contributed by atoms with van der Waals surface area (Å²) in [5.41, 5.74) is 3.92. The maximum Gasteiger partial charge on any atom is 0.271 e. The lowest BCUT2D eigenvalue weighted by Crippen LogP contribution is -2.41. The zero-order valence-electron chi connectivity index (χ0n) is 15.4. The molecule has 0 atom stereocenters. The highest BCUT2D eigenvalue weighted by Crippen LogP contribution is 2.39. The van der Waals surface area contributed by atoms with Crippen LogP contribution in [0.15, 0.2) is 36.5 Å². The molecule has 1 saturated carbocycles. The van der Waals surface area contributed by atoms with Crippen LogP contribution in [0, 0.1) is 17.1 Å². The summed E-state index contributed by atoms with van der Waals surface area (Å²) in [6.45, 7) is 1.28. The summed E-state index contributed by atoms with van der Waals surface area (Å²) in [5.74, 6) is -0.433. The first-order chi connectivity index (χ1) is 13.7. The third-order valence-corrected chi connectivity index (χ3v) is 5.19. The number of nitrogens with zero attached hydrogens (tertiary/aromatic N) is 4. The Morgan fingerprint density at radius 3 is 2.57 bits per heavy atom. The number of aromatic nitrogens is 2. The number of rotatable bonds is 2. The molecule has 0 bridgehead atoms. The van der Waals surface area contributed by atoms with Gasteiger partial charge >= 0.3 is 0 Å². The van der Waals surface area contributed by atoms with E-state index in [4.69, 9.17) is 10.4 Å². The summed E-state index contributed by atoms with van der Waals surface area (Å²) in [5, 5.41) is 16.0. The van der Waals surface area contributed by atoms with E-state index in [1.165, 1.54) is 12.3 Å². The van der Waals surface area contributed by atoms with Gasteiger partial charge in [0.25, 0.3) is 5.91 Å². The molecule has 2 aromatic heterocycles. The van der Waals surface area contributed by atoms with Crippen molar-refractivity contribution in [3.05, 3.63) is 53.6 Å². The topological polar surface area (TPSA) is 82.2 Å². The van der Waals surface area contributed by atoms with E-state index >= 15 is 0 Å². The van der Waals surface area contributed by atoms with Crippen LogP contribution in [0.3, 0.4) is 0 Å². The van der Waals surface area contributed by atoms with Crippen LogP contribution in [-0.4, -0.2) is 45.2 Å². The standard InChI is InChI=1S/C20H15FN4O.CH4O/c21-14-9-16-18(23-11-14)17(13-3-1-12(10-22)2-4-13)19-20(26)24(15-5-6-15)7-8-25(16)19;1-2/h1-4,9,11,15H,5-8H2;2H,1H3. The number of hydrogen-bond acceptors (Lipinski definition) is 4. The summed E-state index contributed by atoms with van der Waals surface area (Å²) >= 11 is 0. The zero-order valence-corrected chi connectivity index (χ0v) is 15.4. The normalized spacial score (nSPS) is 15.6. The Bertz CT molecular complexity index is 1090. The molecule has 0 saturated heterocycles. The molecule has 0 radical (unpaired) electrons. The van der Waals surface area contributed by atoms with Crippen molar-refractivity contribution in [2.75, 3.05) is 13.7 Å². The third kappa shape index (κ3) is 2.83. The molecule has 1 N–H and O–H groups in total. The SMILES string of the molecule is CO.N#Cc1ccc(-c2c3n(c4cc(F)cnc24)CCN(C2CC2)C3=O)cc1. The van der Waals surface area contributed by atoms with Crippen LogP contribution in [0.25, 0.3) is 22.2 Å². The van der Waals surface area contributed by atoms with Gasteiger partial charge in [-0.05, 0) is 30.5 Å². The van der Waals surface area contributed by atoms with Gasteiger partial charge in [-0.25, -0.2) is 4.39 Å². The molecule has 1 aliphatic carbocycles. The molecule has 1 aromatic carbocycles. The van der Waals surface area contributed by atoms with E-state index in [2.05, 4.69) is 11.1 Å². The predicted molar refractivity (Wildman–Crippen MR) is 102 cm³/mol. The van der Waals surface area contributed by atoms with Crippen LogP contribution < -0.4 is 0 Å². The fourth-order valence-corrected chi connectivity index (χ4v) is 3.81. The molecule has 0 spiro atoms. The number of hydrogen-bond donors (Lipinski definition) is 1. The lowest BCUT2D eigenvalue weighted by atomic mass is 10.0. The van der Waals surface area contributed by atoms with Crippen LogP contribution in [0.5, 0.6) is 0 Å². The zero-order chi connectivity index (χ0) is 19.8. The van der Waals surface area contributed by atoms with E-state index in [1.54, 1.807) is 12.1 Å². The summed E-state index contributed by atoms with van der Waals surface area (Å²) in [6, 6.07) is 11.0. The average Bonchev–Trinajstić information content (AvgIpc) is 3.52. The predicted octanol–water partition coefficient (Wildman–Crippen LogP) is 2.94. The van der Waals surface area contributed by atoms with Gasteiger partial charge in [-0.1, -0.05) is 12.1 Å². The van der Waals surface area contributed by atoms with Crippen LogP contribution >= 0.6 is 0 Å². The second kappa shape index (κ2) is 7.06. The van der Waals surface area contributed by atoms with Gasteiger partial charge in [-0.3, -0.25) is 9.78 Å². The van der Waals surface area contributed by atoms with E-state index in [0.717, 1.165) is 31.1 Å². The Morgan fingerprint density at radius 1 is 1.21 bits per heavy atom.